The Balaban J connectivity index is 1.71. The first-order chi connectivity index (χ1) is 12.0. The van der Waals surface area contributed by atoms with Gasteiger partial charge in [0.15, 0.2) is 0 Å². The maximum atomic E-state index is 12.0. The van der Waals surface area contributed by atoms with E-state index in [9.17, 15) is 14.9 Å². The Labute approximate surface area is 151 Å². The number of hydrogen-bond donors (Lipinski definition) is 2. The van der Waals surface area contributed by atoms with Crippen LogP contribution in [0.3, 0.4) is 0 Å². The molecule has 0 aliphatic carbocycles. The lowest BCUT2D eigenvalue weighted by atomic mass is 10.1. The van der Waals surface area contributed by atoms with Crippen LogP contribution in [0.25, 0.3) is 0 Å². The molecule has 0 saturated carbocycles. The van der Waals surface area contributed by atoms with Gasteiger partial charge in [0.2, 0.25) is 5.91 Å². The van der Waals surface area contributed by atoms with Crippen molar-refractivity contribution in [1.29, 1.82) is 0 Å². The number of carbonyl (C=O) groups excluding carboxylic acids is 1. The van der Waals surface area contributed by atoms with Gasteiger partial charge in [0.1, 0.15) is 0 Å². The molecule has 7 heteroatoms. The van der Waals surface area contributed by atoms with Gasteiger partial charge in [-0.05, 0) is 37.1 Å². The van der Waals surface area contributed by atoms with Crippen molar-refractivity contribution >= 4 is 28.9 Å². The Morgan fingerprint density at radius 3 is 2.52 bits per heavy atom. The minimum atomic E-state index is -0.436. The minimum absolute atomic E-state index is 0.0436. The van der Waals surface area contributed by atoms with Crippen LogP contribution in [0, 0.1) is 10.1 Å². The van der Waals surface area contributed by atoms with Crippen molar-refractivity contribution in [2.45, 2.75) is 25.8 Å². The fourth-order valence-electron chi connectivity index (χ4n) is 2.40. The fourth-order valence-corrected chi connectivity index (χ4v) is 2.70. The van der Waals surface area contributed by atoms with E-state index in [0.29, 0.717) is 24.4 Å². The van der Waals surface area contributed by atoms with Gasteiger partial charge < -0.3 is 10.6 Å². The molecule has 0 bridgehead atoms. The first-order valence-corrected chi connectivity index (χ1v) is 8.37. The zero-order valence-electron chi connectivity index (χ0n) is 13.9. The molecule has 2 N–H and O–H groups in total. The van der Waals surface area contributed by atoms with Crippen molar-refractivity contribution in [2.24, 2.45) is 0 Å². The molecular weight excluding hydrogens is 342 g/mol. The highest BCUT2D eigenvalue weighted by Gasteiger charge is 2.11. The highest BCUT2D eigenvalue weighted by Crippen LogP contribution is 2.22. The van der Waals surface area contributed by atoms with Gasteiger partial charge in [-0.1, -0.05) is 29.8 Å². The summed E-state index contributed by atoms with van der Waals surface area (Å²) in [6.07, 6.45) is 1.03. The van der Waals surface area contributed by atoms with E-state index in [-0.39, 0.29) is 17.6 Å². The van der Waals surface area contributed by atoms with E-state index >= 15 is 0 Å². The number of non-ortho nitro benzene ring substituents is 1. The molecule has 0 aliphatic rings. The molecule has 0 radical (unpaired) electrons. The smallest absolute Gasteiger partial charge is 0.269 e. The van der Waals surface area contributed by atoms with E-state index in [4.69, 9.17) is 11.6 Å². The number of amides is 1. The number of nitro benzene ring substituents is 1. The second kappa shape index (κ2) is 9.03. The van der Waals surface area contributed by atoms with Crippen molar-refractivity contribution < 1.29 is 9.72 Å². The SMILES string of the molecule is CC(NC(=O)CCCNc1ccc([N+](=O)[O-])cc1)c1ccccc1Cl. The average Bonchev–Trinajstić information content (AvgIpc) is 2.59. The molecule has 1 atom stereocenters. The predicted octanol–water partition coefficient (Wildman–Crippen LogP) is 4.32. The molecule has 2 aromatic rings. The van der Waals surface area contributed by atoms with E-state index in [1.54, 1.807) is 18.2 Å². The summed E-state index contributed by atoms with van der Waals surface area (Å²) in [5.41, 5.74) is 1.73. The number of anilines is 1. The van der Waals surface area contributed by atoms with Crippen molar-refractivity contribution in [1.82, 2.24) is 5.32 Å². The predicted molar refractivity (Wildman–Crippen MR) is 98.8 cm³/mol. The van der Waals surface area contributed by atoms with E-state index in [1.807, 2.05) is 25.1 Å². The second-order valence-corrected chi connectivity index (χ2v) is 6.05. The van der Waals surface area contributed by atoms with E-state index in [2.05, 4.69) is 10.6 Å². The Morgan fingerprint density at radius 1 is 1.20 bits per heavy atom. The Hall–Kier alpha value is -2.60. The quantitative estimate of drug-likeness (QED) is 0.416. The van der Waals surface area contributed by atoms with Gasteiger partial charge in [0.25, 0.3) is 5.69 Å². The third-order valence-electron chi connectivity index (χ3n) is 3.74. The lowest BCUT2D eigenvalue weighted by molar-refractivity contribution is -0.384. The Morgan fingerprint density at radius 2 is 1.88 bits per heavy atom. The summed E-state index contributed by atoms with van der Waals surface area (Å²) in [6.45, 7) is 2.50. The third kappa shape index (κ3) is 5.76. The summed E-state index contributed by atoms with van der Waals surface area (Å²) in [5, 5.41) is 17.3. The molecule has 0 aromatic heterocycles. The van der Waals surface area contributed by atoms with Gasteiger partial charge >= 0.3 is 0 Å². The summed E-state index contributed by atoms with van der Waals surface area (Å²) >= 11 is 6.12. The summed E-state index contributed by atoms with van der Waals surface area (Å²) in [4.78, 5) is 22.2. The highest BCUT2D eigenvalue weighted by atomic mass is 35.5. The number of nitrogens with zero attached hydrogens (tertiary/aromatic N) is 1. The van der Waals surface area contributed by atoms with Crippen LogP contribution < -0.4 is 10.6 Å². The summed E-state index contributed by atoms with van der Waals surface area (Å²) < 4.78 is 0. The average molecular weight is 362 g/mol. The van der Waals surface area contributed by atoms with Crippen LogP contribution in [0.5, 0.6) is 0 Å². The first-order valence-electron chi connectivity index (χ1n) is 7.99. The number of hydrogen-bond acceptors (Lipinski definition) is 4. The van der Waals surface area contributed by atoms with E-state index < -0.39 is 4.92 Å². The van der Waals surface area contributed by atoms with Crippen LogP contribution in [0.15, 0.2) is 48.5 Å². The van der Waals surface area contributed by atoms with Gasteiger partial charge in [-0.15, -0.1) is 0 Å². The van der Waals surface area contributed by atoms with Gasteiger partial charge in [-0.25, -0.2) is 0 Å². The zero-order chi connectivity index (χ0) is 18.2. The molecule has 0 saturated heterocycles. The maximum absolute atomic E-state index is 12.0. The van der Waals surface area contributed by atoms with Gasteiger partial charge in [0, 0.05) is 35.8 Å². The molecule has 0 aliphatic heterocycles. The van der Waals surface area contributed by atoms with Gasteiger partial charge in [-0.2, -0.15) is 0 Å². The van der Waals surface area contributed by atoms with Crippen molar-refractivity contribution in [3.63, 3.8) is 0 Å². The topological polar surface area (TPSA) is 84.3 Å². The van der Waals surface area contributed by atoms with Crippen LogP contribution in [0.1, 0.15) is 31.4 Å². The van der Waals surface area contributed by atoms with Crippen molar-refractivity contribution in [3.05, 3.63) is 69.2 Å². The number of halogens is 1. The number of benzene rings is 2. The van der Waals surface area contributed by atoms with Crippen LogP contribution in [-0.2, 0) is 4.79 Å². The largest absolute Gasteiger partial charge is 0.385 e. The lowest BCUT2D eigenvalue weighted by Gasteiger charge is -2.15. The van der Waals surface area contributed by atoms with E-state index in [1.165, 1.54) is 12.1 Å². The Kier molecular flexibility index (Phi) is 6.77. The molecule has 6 nitrogen and oxygen atoms in total. The Bertz CT molecular complexity index is 735. The van der Waals surface area contributed by atoms with Gasteiger partial charge in [0.05, 0.1) is 11.0 Å². The normalized spacial score (nSPS) is 11.6. The molecule has 25 heavy (non-hydrogen) atoms. The fraction of sp³-hybridized carbons (Fsp3) is 0.278. The molecule has 0 spiro atoms. The zero-order valence-corrected chi connectivity index (χ0v) is 14.6. The monoisotopic (exact) mass is 361 g/mol. The minimum Gasteiger partial charge on any atom is -0.385 e. The van der Waals surface area contributed by atoms with Crippen LogP contribution in [0.4, 0.5) is 11.4 Å². The number of rotatable bonds is 8. The standard InChI is InChI=1S/C18H20ClN3O3/c1-13(16-5-2-3-6-17(16)19)21-18(23)7-4-12-20-14-8-10-15(11-9-14)22(24)25/h2-3,5-6,8-11,13,20H,4,7,12H2,1H3,(H,21,23). The lowest BCUT2D eigenvalue weighted by Crippen LogP contribution is -2.27. The van der Waals surface area contributed by atoms with E-state index in [0.717, 1.165) is 11.3 Å². The molecule has 1 amide bonds. The summed E-state index contributed by atoms with van der Waals surface area (Å²) in [7, 11) is 0. The molecular formula is C18H20ClN3O3. The number of nitro groups is 1. The number of nitrogens with one attached hydrogen (secondary N) is 2. The molecule has 2 rings (SSSR count). The molecule has 132 valence electrons. The maximum Gasteiger partial charge on any atom is 0.269 e. The third-order valence-corrected chi connectivity index (χ3v) is 4.08. The summed E-state index contributed by atoms with van der Waals surface area (Å²) in [6, 6.07) is 13.5. The van der Waals surface area contributed by atoms with Crippen LogP contribution in [0.2, 0.25) is 5.02 Å². The molecule has 1 unspecified atom stereocenters. The van der Waals surface area contributed by atoms with Crippen molar-refractivity contribution in [3.8, 4) is 0 Å². The number of carbonyl (C=O) groups is 1. The first kappa shape index (κ1) is 18.7. The van der Waals surface area contributed by atoms with Crippen LogP contribution >= 0.6 is 11.6 Å². The highest BCUT2D eigenvalue weighted by molar-refractivity contribution is 6.31. The van der Waals surface area contributed by atoms with Crippen LogP contribution in [-0.4, -0.2) is 17.4 Å². The van der Waals surface area contributed by atoms with Gasteiger partial charge in [-0.3, -0.25) is 14.9 Å². The second-order valence-electron chi connectivity index (χ2n) is 5.65. The molecule has 0 heterocycles. The van der Waals surface area contributed by atoms with Crippen molar-refractivity contribution in [2.75, 3.05) is 11.9 Å². The molecule has 2 aromatic carbocycles. The summed E-state index contributed by atoms with van der Waals surface area (Å²) in [5.74, 6) is -0.0436. The molecule has 0 fully saturated rings.